The molecule has 3 nitrogen and oxygen atoms in total. The summed E-state index contributed by atoms with van der Waals surface area (Å²) >= 11 is 0. The molecule has 0 aromatic heterocycles. The second-order valence-corrected chi connectivity index (χ2v) is 2.56. The molecule has 0 saturated heterocycles. The maximum atomic E-state index is 12.7. The van der Waals surface area contributed by atoms with Crippen LogP contribution < -0.4 is 11.5 Å². The molecule has 0 saturated carbocycles. The van der Waals surface area contributed by atoms with Gasteiger partial charge in [0.05, 0.1) is 12.6 Å². The molecule has 0 aliphatic rings. The Kier molecular flexibility index (Phi) is 7.77. The van der Waals surface area contributed by atoms with Crippen LogP contribution in [0.5, 0.6) is 0 Å². The molecular formula is C8H13Cl2FN2O. The van der Waals surface area contributed by atoms with Crippen molar-refractivity contribution in [2.45, 2.75) is 6.04 Å². The van der Waals surface area contributed by atoms with Crippen LogP contribution in [-0.2, 0) is 0 Å². The van der Waals surface area contributed by atoms with Gasteiger partial charge in [-0.1, -0.05) is 0 Å². The van der Waals surface area contributed by atoms with Gasteiger partial charge in [-0.05, 0) is 23.8 Å². The second kappa shape index (κ2) is 6.84. The van der Waals surface area contributed by atoms with Crippen molar-refractivity contribution in [2.75, 3.05) is 12.3 Å². The summed E-state index contributed by atoms with van der Waals surface area (Å²) in [4.78, 5) is 0. The van der Waals surface area contributed by atoms with Crippen molar-refractivity contribution >= 4 is 30.5 Å². The van der Waals surface area contributed by atoms with Crippen LogP contribution in [0.1, 0.15) is 11.6 Å². The van der Waals surface area contributed by atoms with E-state index in [9.17, 15) is 4.39 Å². The first-order chi connectivity index (χ1) is 5.65. The molecule has 82 valence electrons. The van der Waals surface area contributed by atoms with Gasteiger partial charge in [0, 0.05) is 5.69 Å². The fraction of sp³-hybridized carbons (Fsp3) is 0.250. The van der Waals surface area contributed by atoms with E-state index in [0.717, 1.165) is 0 Å². The van der Waals surface area contributed by atoms with E-state index in [1.54, 1.807) is 0 Å². The number of aliphatic hydroxyl groups excluding tert-OH is 1. The van der Waals surface area contributed by atoms with Crippen LogP contribution in [0.25, 0.3) is 0 Å². The molecule has 0 fully saturated rings. The lowest BCUT2D eigenvalue weighted by atomic mass is 10.1. The molecule has 1 unspecified atom stereocenters. The zero-order valence-electron chi connectivity index (χ0n) is 7.31. The topological polar surface area (TPSA) is 72.3 Å². The number of hydrogen-bond donors (Lipinski definition) is 3. The second-order valence-electron chi connectivity index (χ2n) is 2.56. The van der Waals surface area contributed by atoms with Gasteiger partial charge in [0.2, 0.25) is 0 Å². The lowest BCUT2D eigenvalue weighted by Crippen LogP contribution is -2.16. The largest absolute Gasteiger partial charge is 0.398 e. The minimum Gasteiger partial charge on any atom is -0.398 e. The van der Waals surface area contributed by atoms with Crippen molar-refractivity contribution in [3.05, 3.63) is 29.6 Å². The van der Waals surface area contributed by atoms with Crippen molar-refractivity contribution in [1.82, 2.24) is 0 Å². The van der Waals surface area contributed by atoms with Gasteiger partial charge < -0.3 is 16.6 Å². The third kappa shape index (κ3) is 3.67. The molecule has 0 aliphatic heterocycles. The molecule has 5 N–H and O–H groups in total. The standard InChI is InChI=1S/C8H11FN2O.2ClH/c9-5-1-2-7(10)6(3-5)8(11)4-12;;/h1-3,8,12H,4,10-11H2;2*1H. The van der Waals surface area contributed by atoms with E-state index in [1.165, 1.54) is 18.2 Å². The molecule has 6 heteroatoms. The number of halogens is 3. The molecule has 1 rings (SSSR count). The maximum Gasteiger partial charge on any atom is 0.123 e. The number of aliphatic hydroxyl groups is 1. The van der Waals surface area contributed by atoms with Crippen LogP contribution in [0.3, 0.4) is 0 Å². The number of nitrogens with two attached hydrogens (primary N) is 2. The summed E-state index contributed by atoms with van der Waals surface area (Å²) < 4.78 is 12.7. The van der Waals surface area contributed by atoms with E-state index < -0.39 is 11.9 Å². The van der Waals surface area contributed by atoms with Crippen molar-refractivity contribution < 1.29 is 9.50 Å². The zero-order chi connectivity index (χ0) is 9.14. The molecule has 0 radical (unpaired) electrons. The predicted molar refractivity (Wildman–Crippen MR) is 59.3 cm³/mol. The number of hydrogen-bond acceptors (Lipinski definition) is 3. The van der Waals surface area contributed by atoms with Crippen molar-refractivity contribution in [2.24, 2.45) is 5.73 Å². The minimum atomic E-state index is -0.610. The average molecular weight is 243 g/mol. The van der Waals surface area contributed by atoms with Gasteiger partial charge in [-0.3, -0.25) is 0 Å². The Morgan fingerprint density at radius 3 is 2.43 bits per heavy atom. The van der Waals surface area contributed by atoms with Crippen LogP contribution in [-0.4, -0.2) is 11.7 Å². The average Bonchev–Trinajstić information content (AvgIpc) is 2.08. The molecule has 0 amide bonds. The molecule has 0 bridgehead atoms. The summed E-state index contributed by atoms with van der Waals surface area (Å²) in [6.45, 7) is -0.242. The molecule has 14 heavy (non-hydrogen) atoms. The SMILES string of the molecule is Cl.Cl.Nc1ccc(F)cc1C(N)CO. The summed E-state index contributed by atoms with van der Waals surface area (Å²) in [6.07, 6.45) is 0. The number of nitrogen functional groups attached to an aromatic ring is 1. The fourth-order valence-electron chi connectivity index (χ4n) is 0.965. The van der Waals surface area contributed by atoms with Crippen LogP contribution in [0, 0.1) is 5.82 Å². The Morgan fingerprint density at radius 1 is 1.36 bits per heavy atom. The quantitative estimate of drug-likeness (QED) is 0.684. The van der Waals surface area contributed by atoms with Gasteiger partial charge in [-0.2, -0.15) is 0 Å². The Hall–Kier alpha value is -0.550. The Labute approximate surface area is 94.1 Å². The maximum absolute atomic E-state index is 12.7. The number of anilines is 1. The normalized spacial score (nSPS) is 11.1. The van der Waals surface area contributed by atoms with E-state index in [4.69, 9.17) is 16.6 Å². The highest BCUT2D eigenvalue weighted by Gasteiger charge is 2.08. The summed E-state index contributed by atoms with van der Waals surface area (Å²) in [6, 6.07) is 3.31. The van der Waals surface area contributed by atoms with Gasteiger partial charge in [0.15, 0.2) is 0 Å². The third-order valence-electron chi connectivity index (χ3n) is 1.65. The summed E-state index contributed by atoms with van der Waals surface area (Å²) in [5, 5.41) is 8.70. The lowest BCUT2D eigenvalue weighted by Gasteiger charge is -2.10. The highest BCUT2D eigenvalue weighted by molar-refractivity contribution is 5.85. The molecule has 1 atom stereocenters. The smallest absolute Gasteiger partial charge is 0.123 e. The Bertz CT molecular complexity index is 286. The van der Waals surface area contributed by atoms with Gasteiger partial charge >= 0.3 is 0 Å². The van der Waals surface area contributed by atoms with Gasteiger partial charge in [0.25, 0.3) is 0 Å². The van der Waals surface area contributed by atoms with Crippen molar-refractivity contribution in [1.29, 1.82) is 0 Å². The van der Waals surface area contributed by atoms with Crippen molar-refractivity contribution in [3.8, 4) is 0 Å². The van der Waals surface area contributed by atoms with Gasteiger partial charge in [-0.25, -0.2) is 4.39 Å². The molecule has 0 heterocycles. The summed E-state index contributed by atoms with van der Waals surface area (Å²) in [5.74, 6) is -0.400. The molecule has 1 aromatic carbocycles. The first-order valence-corrected chi connectivity index (χ1v) is 3.56. The van der Waals surface area contributed by atoms with Crippen molar-refractivity contribution in [3.63, 3.8) is 0 Å². The molecular weight excluding hydrogens is 230 g/mol. The minimum absolute atomic E-state index is 0. The van der Waals surface area contributed by atoms with E-state index >= 15 is 0 Å². The monoisotopic (exact) mass is 242 g/mol. The van der Waals surface area contributed by atoms with Crippen LogP contribution in [0.15, 0.2) is 18.2 Å². The summed E-state index contributed by atoms with van der Waals surface area (Å²) in [7, 11) is 0. The first-order valence-electron chi connectivity index (χ1n) is 3.56. The molecule has 1 aromatic rings. The van der Waals surface area contributed by atoms with Crippen LogP contribution in [0.2, 0.25) is 0 Å². The van der Waals surface area contributed by atoms with E-state index in [0.29, 0.717) is 11.3 Å². The lowest BCUT2D eigenvalue weighted by molar-refractivity contribution is 0.268. The van der Waals surface area contributed by atoms with E-state index in [2.05, 4.69) is 0 Å². The summed E-state index contributed by atoms with van der Waals surface area (Å²) in [5.41, 5.74) is 11.8. The van der Waals surface area contributed by atoms with Gasteiger partial charge in [0.1, 0.15) is 5.82 Å². The molecule has 0 spiro atoms. The highest BCUT2D eigenvalue weighted by atomic mass is 35.5. The first kappa shape index (κ1) is 15.9. The number of benzene rings is 1. The van der Waals surface area contributed by atoms with Crippen LogP contribution >= 0.6 is 24.8 Å². The zero-order valence-corrected chi connectivity index (χ0v) is 8.95. The number of rotatable bonds is 2. The molecule has 0 aliphatic carbocycles. The predicted octanol–water partition coefficient (Wildman–Crippen LogP) is 1.24. The van der Waals surface area contributed by atoms with Crippen LogP contribution in [0.4, 0.5) is 10.1 Å². The third-order valence-corrected chi connectivity index (χ3v) is 1.65. The van der Waals surface area contributed by atoms with Gasteiger partial charge in [-0.15, -0.1) is 24.8 Å². The highest BCUT2D eigenvalue weighted by Crippen LogP contribution is 2.18. The van der Waals surface area contributed by atoms with E-state index in [1.807, 2.05) is 0 Å². The Morgan fingerprint density at radius 2 is 1.93 bits per heavy atom. The fourth-order valence-corrected chi connectivity index (χ4v) is 0.965. The van der Waals surface area contributed by atoms with E-state index in [-0.39, 0.29) is 31.4 Å². The Balaban J connectivity index is 0.